The summed E-state index contributed by atoms with van der Waals surface area (Å²) >= 11 is 0. The smallest absolute Gasteiger partial charge is 0.130 e. The number of aromatic nitrogens is 4. The van der Waals surface area contributed by atoms with E-state index in [1.807, 2.05) is 61.6 Å². The molecule has 3 rings (SSSR count). The van der Waals surface area contributed by atoms with Crippen LogP contribution in [0.4, 0.5) is 0 Å². The summed E-state index contributed by atoms with van der Waals surface area (Å²) in [5.74, 6) is 1.79. The van der Waals surface area contributed by atoms with E-state index >= 15 is 0 Å². The zero-order chi connectivity index (χ0) is 16.2. The number of imidazole rings is 1. The van der Waals surface area contributed by atoms with Gasteiger partial charge in [-0.3, -0.25) is 10.00 Å². The van der Waals surface area contributed by atoms with Crippen molar-refractivity contribution in [3.8, 4) is 5.75 Å². The monoisotopic (exact) mass is 311 g/mol. The van der Waals surface area contributed by atoms with Crippen LogP contribution in [0.15, 0.2) is 49.1 Å². The highest BCUT2D eigenvalue weighted by molar-refractivity contribution is 5.39. The van der Waals surface area contributed by atoms with Gasteiger partial charge in [0, 0.05) is 50.4 Å². The molecule has 6 heteroatoms. The molecule has 0 radical (unpaired) electrons. The molecule has 0 saturated carbocycles. The maximum Gasteiger partial charge on any atom is 0.130 e. The standard InChI is InChI=1S/C17H21N5O/c1-21-9-8-18-17(21)16(14-6-4-5-7-15(14)23-3)19-10-13-11-20-22(2)12-13/h4-9,11-12,16,19H,10H2,1-3H3. The van der Waals surface area contributed by atoms with E-state index in [-0.39, 0.29) is 6.04 Å². The molecule has 23 heavy (non-hydrogen) atoms. The molecule has 3 aromatic rings. The third-order valence-electron chi connectivity index (χ3n) is 3.84. The van der Waals surface area contributed by atoms with Gasteiger partial charge >= 0.3 is 0 Å². The molecular weight excluding hydrogens is 290 g/mol. The Balaban J connectivity index is 1.92. The lowest BCUT2D eigenvalue weighted by Crippen LogP contribution is -2.25. The van der Waals surface area contributed by atoms with Gasteiger partial charge in [0.2, 0.25) is 0 Å². The minimum absolute atomic E-state index is 0.0636. The van der Waals surface area contributed by atoms with Crippen molar-refractivity contribution in [3.63, 3.8) is 0 Å². The summed E-state index contributed by atoms with van der Waals surface area (Å²) < 4.78 is 9.35. The van der Waals surface area contributed by atoms with Crippen LogP contribution in [0.3, 0.4) is 0 Å². The minimum Gasteiger partial charge on any atom is -0.496 e. The van der Waals surface area contributed by atoms with Gasteiger partial charge in [-0.2, -0.15) is 5.10 Å². The maximum absolute atomic E-state index is 5.53. The molecule has 1 atom stereocenters. The Morgan fingerprint density at radius 1 is 1.26 bits per heavy atom. The first-order chi connectivity index (χ1) is 11.2. The second kappa shape index (κ2) is 6.66. The van der Waals surface area contributed by atoms with Crippen molar-refractivity contribution in [3.05, 3.63) is 66.0 Å². The van der Waals surface area contributed by atoms with Crippen molar-refractivity contribution in [2.75, 3.05) is 7.11 Å². The van der Waals surface area contributed by atoms with Gasteiger partial charge in [-0.05, 0) is 6.07 Å². The number of ether oxygens (including phenoxy) is 1. The number of rotatable bonds is 6. The number of hydrogen-bond acceptors (Lipinski definition) is 4. The van der Waals surface area contributed by atoms with E-state index < -0.39 is 0 Å². The van der Waals surface area contributed by atoms with Crippen LogP contribution in [0, 0.1) is 0 Å². The summed E-state index contributed by atoms with van der Waals surface area (Å²) in [5.41, 5.74) is 2.19. The summed E-state index contributed by atoms with van der Waals surface area (Å²) in [7, 11) is 5.60. The molecule has 0 saturated heterocycles. The molecule has 1 aromatic carbocycles. The summed E-state index contributed by atoms with van der Waals surface area (Å²) in [6, 6.07) is 7.95. The number of nitrogens with zero attached hydrogens (tertiary/aromatic N) is 4. The number of hydrogen-bond donors (Lipinski definition) is 1. The lowest BCUT2D eigenvalue weighted by Gasteiger charge is -2.21. The summed E-state index contributed by atoms with van der Waals surface area (Å²) in [6.45, 7) is 0.698. The molecule has 0 aliphatic heterocycles. The zero-order valence-electron chi connectivity index (χ0n) is 13.6. The predicted molar refractivity (Wildman–Crippen MR) is 88.1 cm³/mol. The van der Waals surface area contributed by atoms with E-state index in [0.29, 0.717) is 6.54 Å². The normalized spacial score (nSPS) is 12.3. The van der Waals surface area contributed by atoms with Crippen LogP contribution in [-0.2, 0) is 20.6 Å². The fourth-order valence-electron chi connectivity index (χ4n) is 2.68. The zero-order valence-corrected chi connectivity index (χ0v) is 13.6. The highest BCUT2D eigenvalue weighted by Gasteiger charge is 2.21. The number of para-hydroxylation sites is 1. The fourth-order valence-corrected chi connectivity index (χ4v) is 2.68. The molecule has 0 aliphatic carbocycles. The highest BCUT2D eigenvalue weighted by Crippen LogP contribution is 2.29. The van der Waals surface area contributed by atoms with Crippen LogP contribution >= 0.6 is 0 Å². The van der Waals surface area contributed by atoms with E-state index in [9.17, 15) is 0 Å². The molecule has 1 unspecified atom stereocenters. The molecule has 2 aromatic heterocycles. The minimum atomic E-state index is -0.0636. The van der Waals surface area contributed by atoms with Gasteiger partial charge < -0.3 is 9.30 Å². The largest absolute Gasteiger partial charge is 0.496 e. The summed E-state index contributed by atoms with van der Waals surface area (Å²) in [6.07, 6.45) is 7.63. The SMILES string of the molecule is COc1ccccc1C(NCc1cnn(C)c1)c1nccn1C. The topological polar surface area (TPSA) is 56.9 Å². The van der Waals surface area contributed by atoms with Crippen molar-refractivity contribution in [2.24, 2.45) is 14.1 Å². The van der Waals surface area contributed by atoms with Gasteiger partial charge in [-0.15, -0.1) is 0 Å². The Bertz CT molecular complexity index is 777. The molecule has 120 valence electrons. The molecule has 0 bridgehead atoms. The fraction of sp³-hybridized carbons (Fsp3) is 0.294. The first kappa shape index (κ1) is 15.3. The molecule has 0 fully saturated rings. The number of benzene rings is 1. The number of methoxy groups -OCH3 is 1. The molecule has 0 spiro atoms. The maximum atomic E-state index is 5.53. The Hall–Kier alpha value is -2.60. The Morgan fingerprint density at radius 3 is 2.74 bits per heavy atom. The van der Waals surface area contributed by atoms with Gasteiger partial charge in [0.05, 0.1) is 19.3 Å². The second-order valence-electron chi connectivity index (χ2n) is 5.47. The van der Waals surface area contributed by atoms with Crippen molar-refractivity contribution in [1.29, 1.82) is 0 Å². The van der Waals surface area contributed by atoms with Crippen LogP contribution in [0.5, 0.6) is 5.75 Å². The van der Waals surface area contributed by atoms with Crippen LogP contribution in [-0.4, -0.2) is 26.4 Å². The average molecular weight is 311 g/mol. The van der Waals surface area contributed by atoms with Gasteiger partial charge in [-0.25, -0.2) is 4.98 Å². The van der Waals surface area contributed by atoms with Crippen LogP contribution in [0.2, 0.25) is 0 Å². The van der Waals surface area contributed by atoms with Crippen LogP contribution in [0.1, 0.15) is 23.0 Å². The Kier molecular flexibility index (Phi) is 4.43. The van der Waals surface area contributed by atoms with Crippen LogP contribution in [0.25, 0.3) is 0 Å². The van der Waals surface area contributed by atoms with Crippen LogP contribution < -0.4 is 10.1 Å². The predicted octanol–water partition coefficient (Wildman–Crippen LogP) is 2.04. The number of aryl methyl sites for hydroxylation is 2. The van der Waals surface area contributed by atoms with E-state index in [1.54, 1.807) is 11.8 Å². The van der Waals surface area contributed by atoms with Gasteiger partial charge in [-0.1, -0.05) is 18.2 Å². The van der Waals surface area contributed by atoms with E-state index in [4.69, 9.17) is 4.74 Å². The summed E-state index contributed by atoms with van der Waals surface area (Å²) in [4.78, 5) is 4.51. The molecule has 0 aliphatic rings. The molecular formula is C17H21N5O. The molecule has 2 heterocycles. The van der Waals surface area contributed by atoms with Crippen molar-refractivity contribution < 1.29 is 4.74 Å². The van der Waals surface area contributed by atoms with Gasteiger partial charge in [0.15, 0.2) is 0 Å². The first-order valence-corrected chi connectivity index (χ1v) is 7.50. The van der Waals surface area contributed by atoms with Crippen molar-refractivity contribution >= 4 is 0 Å². The lowest BCUT2D eigenvalue weighted by atomic mass is 10.0. The van der Waals surface area contributed by atoms with E-state index in [0.717, 1.165) is 22.7 Å². The van der Waals surface area contributed by atoms with E-state index in [1.165, 1.54) is 0 Å². The average Bonchev–Trinajstić information content (AvgIpc) is 3.17. The molecule has 6 nitrogen and oxygen atoms in total. The van der Waals surface area contributed by atoms with Crippen molar-refractivity contribution in [1.82, 2.24) is 24.6 Å². The quantitative estimate of drug-likeness (QED) is 0.757. The van der Waals surface area contributed by atoms with Crippen molar-refractivity contribution in [2.45, 2.75) is 12.6 Å². The van der Waals surface area contributed by atoms with E-state index in [2.05, 4.69) is 21.5 Å². The molecule has 0 amide bonds. The Labute approximate surface area is 135 Å². The van der Waals surface area contributed by atoms with Gasteiger partial charge in [0.25, 0.3) is 0 Å². The number of nitrogens with one attached hydrogen (secondary N) is 1. The molecule has 1 N–H and O–H groups in total. The summed E-state index contributed by atoms with van der Waals surface area (Å²) in [5, 5.41) is 7.78. The highest BCUT2D eigenvalue weighted by atomic mass is 16.5. The third kappa shape index (κ3) is 3.27. The first-order valence-electron chi connectivity index (χ1n) is 7.50. The second-order valence-corrected chi connectivity index (χ2v) is 5.47. The lowest BCUT2D eigenvalue weighted by molar-refractivity contribution is 0.401. The van der Waals surface area contributed by atoms with Gasteiger partial charge in [0.1, 0.15) is 11.6 Å². The Morgan fingerprint density at radius 2 is 2.09 bits per heavy atom. The third-order valence-corrected chi connectivity index (χ3v) is 3.84.